The summed E-state index contributed by atoms with van der Waals surface area (Å²) in [5.74, 6) is 1.31. The number of aromatic nitrogens is 2. The van der Waals surface area contributed by atoms with Crippen LogP contribution in [0, 0.1) is 6.92 Å². The van der Waals surface area contributed by atoms with Crippen LogP contribution >= 0.6 is 0 Å². The lowest BCUT2D eigenvalue weighted by Gasteiger charge is -2.04. The summed E-state index contributed by atoms with van der Waals surface area (Å²) in [7, 11) is -3.21. The molecule has 7 heteroatoms. The first-order chi connectivity index (χ1) is 11.4. The number of hydrogen-bond acceptors (Lipinski definition) is 6. The van der Waals surface area contributed by atoms with Crippen molar-refractivity contribution < 1.29 is 17.6 Å². The number of hydrogen-bond donors (Lipinski definition) is 0. The maximum absolute atomic E-state index is 11.4. The van der Waals surface area contributed by atoms with Crippen LogP contribution in [0.4, 0.5) is 0 Å². The zero-order valence-electron chi connectivity index (χ0n) is 13.3. The summed E-state index contributed by atoms with van der Waals surface area (Å²) >= 11 is 0. The molecule has 124 valence electrons. The second-order valence-corrected chi connectivity index (χ2v) is 7.42. The van der Waals surface area contributed by atoms with E-state index in [1.165, 1.54) is 12.1 Å². The van der Waals surface area contributed by atoms with E-state index >= 15 is 0 Å². The summed E-state index contributed by atoms with van der Waals surface area (Å²) in [5.41, 5.74) is 1.96. The van der Waals surface area contributed by atoms with Gasteiger partial charge in [-0.25, -0.2) is 8.42 Å². The first-order valence-corrected chi connectivity index (χ1v) is 9.13. The van der Waals surface area contributed by atoms with Crippen molar-refractivity contribution in [1.29, 1.82) is 0 Å². The van der Waals surface area contributed by atoms with Crippen LogP contribution in [0.5, 0.6) is 5.75 Å². The Labute approximate surface area is 140 Å². The molecule has 0 atom stereocenters. The van der Waals surface area contributed by atoms with Crippen LogP contribution < -0.4 is 4.74 Å². The molecule has 0 unspecified atom stereocenters. The normalized spacial score (nSPS) is 11.4. The summed E-state index contributed by atoms with van der Waals surface area (Å²) in [5, 5.41) is 7.97. The van der Waals surface area contributed by atoms with Gasteiger partial charge in [0.15, 0.2) is 16.4 Å². The second kappa shape index (κ2) is 6.45. The molecular formula is C17H16N2O4S. The van der Waals surface area contributed by atoms with E-state index in [4.69, 9.17) is 9.15 Å². The van der Waals surface area contributed by atoms with Crippen molar-refractivity contribution in [2.75, 3.05) is 6.26 Å². The summed E-state index contributed by atoms with van der Waals surface area (Å²) in [4.78, 5) is 0.245. The van der Waals surface area contributed by atoms with Gasteiger partial charge in [-0.15, -0.1) is 10.2 Å². The lowest BCUT2D eigenvalue weighted by atomic mass is 10.1. The fourth-order valence-corrected chi connectivity index (χ4v) is 2.77. The average Bonchev–Trinajstić information content (AvgIpc) is 3.01. The van der Waals surface area contributed by atoms with E-state index in [-0.39, 0.29) is 11.5 Å². The van der Waals surface area contributed by atoms with Gasteiger partial charge < -0.3 is 9.15 Å². The highest BCUT2D eigenvalue weighted by molar-refractivity contribution is 7.90. The predicted octanol–water partition coefficient (Wildman–Crippen LogP) is 3.03. The third-order valence-corrected chi connectivity index (χ3v) is 4.47. The van der Waals surface area contributed by atoms with Gasteiger partial charge in [-0.1, -0.05) is 17.7 Å². The average molecular weight is 344 g/mol. The molecule has 0 saturated carbocycles. The minimum absolute atomic E-state index is 0.108. The van der Waals surface area contributed by atoms with E-state index in [9.17, 15) is 8.42 Å². The molecule has 0 saturated heterocycles. The van der Waals surface area contributed by atoms with Crippen molar-refractivity contribution >= 4 is 9.84 Å². The fourth-order valence-electron chi connectivity index (χ4n) is 2.13. The monoisotopic (exact) mass is 344 g/mol. The Morgan fingerprint density at radius 1 is 1.08 bits per heavy atom. The number of rotatable bonds is 5. The van der Waals surface area contributed by atoms with Gasteiger partial charge in [-0.3, -0.25) is 0 Å². The van der Waals surface area contributed by atoms with Crippen molar-refractivity contribution in [3.05, 3.63) is 60.0 Å². The van der Waals surface area contributed by atoms with Gasteiger partial charge in [0, 0.05) is 11.8 Å². The SMILES string of the molecule is Cc1cccc(-c2nnc(COc3ccc(S(C)(=O)=O)cc3)o2)c1. The Morgan fingerprint density at radius 3 is 2.50 bits per heavy atom. The maximum Gasteiger partial charge on any atom is 0.254 e. The largest absolute Gasteiger partial charge is 0.484 e. The molecule has 0 aliphatic carbocycles. The highest BCUT2D eigenvalue weighted by Gasteiger charge is 2.10. The molecule has 6 nitrogen and oxygen atoms in total. The minimum Gasteiger partial charge on any atom is -0.484 e. The number of benzene rings is 2. The fraction of sp³-hybridized carbons (Fsp3) is 0.176. The van der Waals surface area contributed by atoms with Gasteiger partial charge in [-0.05, 0) is 43.3 Å². The molecule has 0 amide bonds. The molecule has 24 heavy (non-hydrogen) atoms. The summed E-state index contributed by atoms with van der Waals surface area (Å²) in [6.07, 6.45) is 1.16. The lowest BCUT2D eigenvalue weighted by Crippen LogP contribution is -1.98. The maximum atomic E-state index is 11.4. The Kier molecular flexibility index (Phi) is 4.35. The molecule has 0 spiro atoms. The van der Waals surface area contributed by atoms with Crippen LogP contribution in [0.1, 0.15) is 11.5 Å². The zero-order chi connectivity index (χ0) is 17.2. The standard InChI is InChI=1S/C17H16N2O4S/c1-12-4-3-5-13(10-12)17-19-18-16(23-17)11-22-14-6-8-15(9-7-14)24(2,20)21/h3-10H,11H2,1-2H3. The zero-order valence-corrected chi connectivity index (χ0v) is 14.1. The second-order valence-electron chi connectivity index (χ2n) is 5.40. The van der Waals surface area contributed by atoms with Crippen LogP contribution in [0.15, 0.2) is 57.8 Å². The van der Waals surface area contributed by atoms with Gasteiger partial charge >= 0.3 is 0 Å². The molecule has 0 radical (unpaired) electrons. The van der Waals surface area contributed by atoms with Crippen molar-refractivity contribution in [2.45, 2.75) is 18.4 Å². The first kappa shape index (κ1) is 16.2. The van der Waals surface area contributed by atoms with Crippen LogP contribution in [0.25, 0.3) is 11.5 Å². The Bertz CT molecular complexity index is 947. The molecule has 1 aromatic heterocycles. The molecule has 0 N–H and O–H groups in total. The number of sulfone groups is 1. The third kappa shape index (κ3) is 3.80. The van der Waals surface area contributed by atoms with E-state index in [0.717, 1.165) is 17.4 Å². The van der Waals surface area contributed by atoms with Gasteiger partial charge in [0.1, 0.15) is 5.75 Å². The Hall–Kier alpha value is -2.67. The lowest BCUT2D eigenvalue weighted by molar-refractivity contribution is 0.264. The molecule has 1 heterocycles. The third-order valence-electron chi connectivity index (χ3n) is 3.35. The molecule has 2 aromatic carbocycles. The Balaban J connectivity index is 1.67. The number of ether oxygens (including phenoxy) is 1. The van der Waals surface area contributed by atoms with Crippen LogP contribution in [0.3, 0.4) is 0 Å². The van der Waals surface area contributed by atoms with Gasteiger partial charge in [0.25, 0.3) is 5.89 Å². The predicted molar refractivity (Wildman–Crippen MR) is 88.4 cm³/mol. The first-order valence-electron chi connectivity index (χ1n) is 7.24. The van der Waals surface area contributed by atoms with Crippen LogP contribution in [-0.4, -0.2) is 24.9 Å². The van der Waals surface area contributed by atoms with Crippen molar-refractivity contribution in [3.63, 3.8) is 0 Å². The summed E-state index contributed by atoms with van der Waals surface area (Å²) in [6.45, 7) is 2.10. The molecular weight excluding hydrogens is 328 g/mol. The van der Waals surface area contributed by atoms with Crippen LogP contribution in [0.2, 0.25) is 0 Å². The van der Waals surface area contributed by atoms with Gasteiger partial charge in [-0.2, -0.15) is 0 Å². The summed E-state index contributed by atoms with van der Waals surface area (Å²) in [6, 6.07) is 13.9. The van der Waals surface area contributed by atoms with E-state index in [2.05, 4.69) is 10.2 Å². The number of nitrogens with zero attached hydrogens (tertiary/aromatic N) is 2. The molecule has 3 rings (SSSR count). The highest BCUT2D eigenvalue weighted by atomic mass is 32.2. The van der Waals surface area contributed by atoms with Gasteiger partial charge in [0.2, 0.25) is 5.89 Å². The van der Waals surface area contributed by atoms with E-state index < -0.39 is 9.84 Å². The quantitative estimate of drug-likeness (QED) is 0.707. The van der Waals surface area contributed by atoms with Gasteiger partial charge in [0.05, 0.1) is 4.90 Å². The minimum atomic E-state index is -3.21. The smallest absolute Gasteiger partial charge is 0.254 e. The van der Waals surface area contributed by atoms with E-state index in [1.54, 1.807) is 12.1 Å². The summed E-state index contributed by atoms with van der Waals surface area (Å²) < 4.78 is 33.9. The van der Waals surface area contributed by atoms with Crippen molar-refractivity contribution in [2.24, 2.45) is 0 Å². The van der Waals surface area contributed by atoms with Crippen molar-refractivity contribution in [1.82, 2.24) is 10.2 Å². The van der Waals surface area contributed by atoms with E-state index in [1.807, 2.05) is 31.2 Å². The topological polar surface area (TPSA) is 82.3 Å². The molecule has 0 aliphatic heterocycles. The van der Waals surface area contributed by atoms with Crippen molar-refractivity contribution in [3.8, 4) is 17.2 Å². The van der Waals surface area contributed by atoms with E-state index in [0.29, 0.717) is 17.5 Å². The molecule has 0 bridgehead atoms. The highest BCUT2D eigenvalue weighted by Crippen LogP contribution is 2.20. The molecule has 0 aliphatic rings. The molecule has 3 aromatic rings. The van der Waals surface area contributed by atoms with Crippen LogP contribution in [-0.2, 0) is 16.4 Å². The Morgan fingerprint density at radius 2 is 1.83 bits per heavy atom. The molecule has 0 fully saturated rings. The number of aryl methyl sites for hydroxylation is 1.